The molecule has 1 N–H and O–H groups in total. The van der Waals surface area contributed by atoms with Crippen molar-refractivity contribution in [1.29, 1.82) is 0 Å². The Morgan fingerprint density at radius 1 is 1.11 bits per heavy atom. The van der Waals surface area contributed by atoms with E-state index in [0.29, 0.717) is 0 Å². The Morgan fingerprint density at radius 3 is 2.44 bits per heavy atom. The van der Waals surface area contributed by atoms with Crippen molar-refractivity contribution in [1.82, 2.24) is 0 Å². The molecule has 2 aromatic rings. The van der Waals surface area contributed by atoms with Crippen molar-refractivity contribution in [2.45, 2.75) is 13.0 Å². The van der Waals surface area contributed by atoms with Gasteiger partial charge in [-0.3, -0.25) is 0 Å². The molecule has 0 amide bonds. The Balaban J connectivity index is 2.40. The van der Waals surface area contributed by atoms with Gasteiger partial charge in [0.15, 0.2) is 0 Å². The lowest BCUT2D eigenvalue weighted by Crippen LogP contribution is -2.04. The summed E-state index contributed by atoms with van der Waals surface area (Å²) in [7, 11) is 1.64. The number of halogens is 1. The number of aliphatic hydroxyl groups excluding tert-OH is 1. The molecule has 0 spiro atoms. The van der Waals surface area contributed by atoms with Crippen LogP contribution in [-0.2, 0) is 0 Å². The molecule has 0 saturated carbocycles. The molecule has 18 heavy (non-hydrogen) atoms. The first-order valence-corrected chi connectivity index (χ1v) is 6.78. The number of aryl methyl sites for hydroxylation is 1. The normalized spacial score (nSPS) is 12.2. The molecule has 94 valence electrons. The molecule has 0 aliphatic heterocycles. The topological polar surface area (TPSA) is 29.5 Å². The lowest BCUT2D eigenvalue weighted by atomic mass is 9.97. The van der Waals surface area contributed by atoms with Crippen molar-refractivity contribution in [2.24, 2.45) is 0 Å². The van der Waals surface area contributed by atoms with Gasteiger partial charge in [-0.15, -0.1) is 0 Å². The van der Waals surface area contributed by atoms with Crippen LogP contribution in [0.1, 0.15) is 22.8 Å². The number of aliphatic hydroxyl groups is 1. The van der Waals surface area contributed by atoms with Crippen molar-refractivity contribution in [2.75, 3.05) is 7.11 Å². The molecule has 0 fully saturated rings. The molecule has 0 aliphatic carbocycles. The van der Waals surface area contributed by atoms with Gasteiger partial charge in [0.05, 0.1) is 7.11 Å². The average molecular weight is 354 g/mol. The zero-order valence-corrected chi connectivity index (χ0v) is 12.5. The second-order valence-corrected chi connectivity index (χ2v) is 5.31. The number of methoxy groups -OCH3 is 1. The summed E-state index contributed by atoms with van der Waals surface area (Å²) in [4.78, 5) is 0. The minimum atomic E-state index is -0.594. The molecule has 2 rings (SSSR count). The second kappa shape index (κ2) is 5.71. The smallest absolute Gasteiger partial charge is 0.119 e. The molecular formula is C15H15IO2. The Labute approximate surface area is 121 Å². The number of ether oxygens (including phenoxy) is 1. The van der Waals surface area contributed by atoms with Gasteiger partial charge < -0.3 is 9.84 Å². The van der Waals surface area contributed by atoms with E-state index in [1.165, 1.54) is 0 Å². The molecule has 0 bridgehead atoms. The molecule has 3 heteroatoms. The largest absolute Gasteiger partial charge is 0.497 e. The molecule has 2 nitrogen and oxygen atoms in total. The van der Waals surface area contributed by atoms with Crippen molar-refractivity contribution < 1.29 is 9.84 Å². The predicted octanol–water partition coefficient (Wildman–Crippen LogP) is 3.69. The summed E-state index contributed by atoms with van der Waals surface area (Å²) in [6.45, 7) is 1.98. The van der Waals surface area contributed by atoms with Gasteiger partial charge in [0.25, 0.3) is 0 Å². The van der Waals surface area contributed by atoms with Crippen molar-refractivity contribution in [3.8, 4) is 5.75 Å². The lowest BCUT2D eigenvalue weighted by Gasteiger charge is -2.16. The maximum atomic E-state index is 10.5. The van der Waals surface area contributed by atoms with Crippen LogP contribution < -0.4 is 4.74 Å². The summed E-state index contributed by atoms with van der Waals surface area (Å²) in [5.41, 5.74) is 2.88. The molecular weight excluding hydrogens is 339 g/mol. The van der Waals surface area contributed by atoms with Gasteiger partial charge in [0, 0.05) is 3.57 Å². The molecule has 0 radical (unpaired) electrons. The van der Waals surface area contributed by atoms with Gasteiger partial charge in [-0.2, -0.15) is 0 Å². The first kappa shape index (κ1) is 13.4. The predicted molar refractivity (Wildman–Crippen MR) is 81.0 cm³/mol. The summed E-state index contributed by atoms with van der Waals surface area (Å²) in [6.07, 6.45) is -0.594. The van der Waals surface area contributed by atoms with Gasteiger partial charge >= 0.3 is 0 Å². The van der Waals surface area contributed by atoms with E-state index >= 15 is 0 Å². The van der Waals surface area contributed by atoms with E-state index in [1.807, 2.05) is 49.4 Å². The zero-order valence-electron chi connectivity index (χ0n) is 10.4. The first-order valence-electron chi connectivity index (χ1n) is 5.70. The maximum Gasteiger partial charge on any atom is 0.119 e. The molecule has 0 aromatic heterocycles. The quantitative estimate of drug-likeness (QED) is 0.852. The molecule has 0 heterocycles. The third-order valence-electron chi connectivity index (χ3n) is 2.97. The van der Waals surface area contributed by atoms with Gasteiger partial charge in [0.1, 0.15) is 11.9 Å². The van der Waals surface area contributed by atoms with E-state index in [4.69, 9.17) is 4.74 Å². The monoisotopic (exact) mass is 354 g/mol. The number of hydrogen-bond donors (Lipinski definition) is 1. The van der Waals surface area contributed by atoms with E-state index in [1.54, 1.807) is 7.11 Å². The fourth-order valence-corrected chi connectivity index (χ4v) is 2.63. The average Bonchev–Trinajstić information content (AvgIpc) is 2.38. The highest BCUT2D eigenvalue weighted by molar-refractivity contribution is 14.1. The Morgan fingerprint density at radius 2 is 1.83 bits per heavy atom. The fraction of sp³-hybridized carbons (Fsp3) is 0.200. The summed E-state index contributed by atoms with van der Waals surface area (Å²) in [5.74, 6) is 0.811. The van der Waals surface area contributed by atoms with Crippen molar-refractivity contribution >= 4 is 22.6 Å². The minimum Gasteiger partial charge on any atom is -0.497 e. The number of benzene rings is 2. The zero-order chi connectivity index (χ0) is 13.1. The van der Waals surface area contributed by atoms with Gasteiger partial charge in [-0.25, -0.2) is 0 Å². The standard InChI is InChI=1S/C15H15IO2/c1-10-9-11(18-2)7-8-12(10)15(17)13-5-3-4-6-14(13)16/h3-9,15,17H,1-2H3. The second-order valence-electron chi connectivity index (χ2n) is 4.15. The molecule has 1 atom stereocenters. The first-order chi connectivity index (χ1) is 8.63. The van der Waals surface area contributed by atoms with E-state index in [-0.39, 0.29) is 0 Å². The Hall–Kier alpha value is -1.07. The third-order valence-corrected chi connectivity index (χ3v) is 3.95. The maximum absolute atomic E-state index is 10.5. The van der Waals surface area contributed by atoms with Crippen LogP contribution in [-0.4, -0.2) is 12.2 Å². The summed E-state index contributed by atoms with van der Waals surface area (Å²) < 4.78 is 6.24. The lowest BCUT2D eigenvalue weighted by molar-refractivity contribution is 0.218. The van der Waals surface area contributed by atoms with E-state index in [2.05, 4.69) is 22.6 Å². The van der Waals surface area contributed by atoms with Gasteiger partial charge in [-0.1, -0.05) is 24.3 Å². The SMILES string of the molecule is COc1ccc(C(O)c2ccccc2I)c(C)c1. The highest BCUT2D eigenvalue weighted by Crippen LogP contribution is 2.29. The molecule has 0 aliphatic rings. The minimum absolute atomic E-state index is 0.594. The van der Waals surface area contributed by atoms with Crippen molar-refractivity contribution in [3.63, 3.8) is 0 Å². The van der Waals surface area contributed by atoms with Crippen LogP contribution in [0.25, 0.3) is 0 Å². The van der Waals surface area contributed by atoms with Crippen LogP contribution in [0, 0.1) is 10.5 Å². The van der Waals surface area contributed by atoms with E-state index in [9.17, 15) is 5.11 Å². The number of rotatable bonds is 3. The van der Waals surface area contributed by atoms with Crippen LogP contribution in [0.3, 0.4) is 0 Å². The summed E-state index contributed by atoms with van der Waals surface area (Å²) in [6, 6.07) is 13.6. The summed E-state index contributed by atoms with van der Waals surface area (Å²) >= 11 is 2.24. The third kappa shape index (κ3) is 2.67. The highest BCUT2D eigenvalue weighted by atomic mass is 127. The van der Waals surface area contributed by atoms with Crippen molar-refractivity contribution in [3.05, 3.63) is 62.7 Å². The molecule has 0 saturated heterocycles. The van der Waals surface area contributed by atoms with Crippen LogP contribution in [0.15, 0.2) is 42.5 Å². The fourth-order valence-electron chi connectivity index (χ4n) is 1.95. The molecule has 2 aromatic carbocycles. The van der Waals surface area contributed by atoms with Gasteiger partial charge in [0.2, 0.25) is 0 Å². The Bertz CT molecular complexity index is 552. The van der Waals surface area contributed by atoms with Crippen LogP contribution in [0.2, 0.25) is 0 Å². The van der Waals surface area contributed by atoms with E-state index < -0.39 is 6.10 Å². The van der Waals surface area contributed by atoms with Crippen LogP contribution in [0.4, 0.5) is 0 Å². The molecule has 1 unspecified atom stereocenters. The Kier molecular flexibility index (Phi) is 4.24. The summed E-state index contributed by atoms with van der Waals surface area (Å²) in [5, 5.41) is 10.5. The van der Waals surface area contributed by atoms with E-state index in [0.717, 1.165) is 26.0 Å². The number of hydrogen-bond acceptors (Lipinski definition) is 2. The van der Waals surface area contributed by atoms with Crippen LogP contribution >= 0.6 is 22.6 Å². The highest BCUT2D eigenvalue weighted by Gasteiger charge is 2.15. The van der Waals surface area contributed by atoms with Crippen LogP contribution in [0.5, 0.6) is 5.75 Å². The van der Waals surface area contributed by atoms with Gasteiger partial charge in [-0.05, 0) is 64.4 Å².